The first-order valence-corrected chi connectivity index (χ1v) is 12.9. The summed E-state index contributed by atoms with van der Waals surface area (Å²) in [6, 6.07) is 12.9. The third-order valence-electron chi connectivity index (χ3n) is 5.78. The number of rotatable bonds is 13. The lowest BCUT2D eigenvalue weighted by molar-refractivity contribution is 0.265. The zero-order valence-corrected chi connectivity index (χ0v) is 21.5. The summed E-state index contributed by atoms with van der Waals surface area (Å²) in [5, 5.41) is 7.04. The average molecular weight is 504 g/mol. The van der Waals surface area contributed by atoms with E-state index >= 15 is 0 Å². The third kappa shape index (κ3) is 8.42. The first-order valence-electron chi connectivity index (χ1n) is 12.1. The van der Waals surface area contributed by atoms with Gasteiger partial charge in [0.25, 0.3) is 0 Å². The molecule has 2 N–H and O–H groups in total. The molecule has 2 aromatic carbocycles. The Balaban J connectivity index is 1.63. The van der Waals surface area contributed by atoms with Gasteiger partial charge in [-0.05, 0) is 80.1 Å². The maximum atomic E-state index is 6.21. The fraction of sp³-hybridized carbons (Fsp3) is 0.556. The quantitative estimate of drug-likeness (QED) is 0.347. The molecule has 0 aliphatic carbocycles. The Labute approximate surface area is 202 Å². The lowest BCUT2D eigenvalue weighted by atomic mass is 10.1. The molecule has 1 unspecified atom stereocenters. The van der Waals surface area contributed by atoms with Gasteiger partial charge in [-0.25, -0.2) is 0 Å². The highest BCUT2D eigenvalue weighted by Crippen LogP contribution is 2.26. The summed E-state index contributed by atoms with van der Waals surface area (Å²) in [5.41, 5.74) is 3.73. The van der Waals surface area contributed by atoms with Crippen molar-refractivity contribution >= 4 is 15.9 Å². The van der Waals surface area contributed by atoms with Crippen molar-refractivity contribution in [2.75, 3.05) is 26.2 Å². The summed E-state index contributed by atoms with van der Waals surface area (Å²) in [6.07, 6.45) is 4.82. The van der Waals surface area contributed by atoms with Crippen molar-refractivity contribution in [3.8, 4) is 11.5 Å². The molecule has 0 aromatic heterocycles. The molecule has 0 amide bonds. The number of nitrogens with one attached hydrogen (secondary N) is 2. The molecule has 1 aliphatic heterocycles. The molecule has 1 aliphatic rings. The molecule has 1 saturated heterocycles. The Bertz CT molecular complexity index is 834. The van der Waals surface area contributed by atoms with Gasteiger partial charge in [-0.3, -0.25) is 0 Å². The summed E-state index contributed by atoms with van der Waals surface area (Å²) in [4.78, 5) is 0. The predicted molar refractivity (Wildman–Crippen MR) is 137 cm³/mol. The number of halogens is 1. The molecule has 4 nitrogen and oxygen atoms in total. The second-order valence-electron chi connectivity index (χ2n) is 9.33. The Morgan fingerprint density at radius 3 is 2.59 bits per heavy atom. The Hall–Kier alpha value is -1.56. The first-order chi connectivity index (χ1) is 15.5. The summed E-state index contributed by atoms with van der Waals surface area (Å²) in [6.45, 7) is 11.9. The number of benzene rings is 2. The van der Waals surface area contributed by atoms with Gasteiger partial charge in [0.2, 0.25) is 0 Å². The molecule has 0 radical (unpaired) electrons. The van der Waals surface area contributed by atoms with Crippen LogP contribution >= 0.6 is 15.9 Å². The van der Waals surface area contributed by atoms with Crippen LogP contribution in [0.25, 0.3) is 0 Å². The van der Waals surface area contributed by atoms with Crippen LogP contribution < -0.4 is 20.1 Å². The molecule has 0 bridgehead atoms. The molecular weight excluding hydrogens is 464 g/mol. The van der Waals surface area contributed by atoms with Crippen LogP contribution in [0.3, 0.4) is 0 Å². The van der Waals surface area contributed by atoms with E-state index in [9.17, 15) is 0 Å². The number of unbranched alkanes of at least 4 members (excludes halogenated alkanes) is 1. The van der Waals surface area contributed by atoms with Gasteiger partial charge in [-0.15, -0.1) is 0 Å². The van der Waals surface area contributed by atoms with Gasteiger partial charge < -0.3 is 20.1 Å². The normalized spacial score (nSPS) is 16.0. The van der Waals surface area contributed by atoms with Crippen LogP contribution in [0, 0.1) is 11.8 Å². The van der Waals surface area contributed by atoms with E-state index < -0.39 is 0 Å². The van der Waals surface area contributed by atoms with Crippen LogP contribution in [0.2, 0.25) is 0 Å². The molecule has 1 heterocycles. The van der Waals surface area contributed by atoms with Gasteiger partial charge in [0, 0.05) is 22.6 Å². The zero-order chi connectivity index (χ0) is 22.8. The fourth-order valence-corrected chi connectivity index (χ4v) is 4.42. The topological polar surface area (TPSA) is 42.5 Å². The third-order valence-corrected chi connectivity index (χ3v) is 6.52. The van der Waals surface area contributed by atoms with Gasteiger partial charge in [0.1, 0.15) is 18.1 Å². The average Bonchev–Trinajstić information content (AvgIpc) is 3.29. The highest BCUT2D eigenvalue weighted by molar-refractivity contribution is 9.10. The standard InChI is InChI=1S/C27H39BrN2O2/c1-4-5-6-21-7-8-24(27(28)13-21)19-32-26-12-23(11-25(14-26)31-18-20(2)3)17-30-16-22-9-10-29-15-22/h7-8,11-14,20,22,29-30H,4-6,9-10,15-19H2,1-3H3. The van der Waals surface area contributed by atoms with Crippen LogP contribution in [0.5, 0.6) is 11.5 Å². The molecule has 32 heavy (non-hydrogen) atoms. The van der Waals surface area contributed by atoms with E-state index in [0.29, 0.717) is 19.1 Å². The van der Waals surface area contributed by atoms with E-state index in [1.54, 1.807) is 0 Å². The molecule has 0 saturated carbocycles. The van der Waals surface area contributed by atoms with Crippen LogP contribution in [0.4, 0.5) is 0 Å². The highest BCUT2D eigenvalue weighted by atomic mass is 79.9. The molecular formula is C27H39BrN2O2. The highest BCUT2D eigenvalue weighted by Gasteiger charge is 2.14. The van der Waals surface area contributed by atoms with Gasteiger partial charge in [-0.1, -0.05) is 55.3 Å². The van der Waals surface area contributed by atoms with E-state index in [0.717, 1.165) is 60.1 Å². The van der Waals surface area contributed by atoms with E-state index in [1.165, 1.54) is 30.4 Å². The summed E-state index contributed by atoms with van der Waals surface area (Å²) >= 11 is 3.73. The predicted octanol–water partition coefficient (Wildman–Crippen LogP) is 6.10. The summed E-state index contributed by atoms with van der Waals surface area (Å²) < 4.78 is 13.4. The fourth-order valence-electron chi connectivity index (χ4n) is 3.88. The van der Waals surface area contributed by atoms with E-state index in [1.807, 2.05) is 6.07 Å². The number of hydrogen-bond donors (Lipinski definition) is 2. The minimum Gasteiger partial charge on any atom is -0.493 e. The van der Waals surface area contributed by atoms with Crippen LogP contribution in [-0.2, 0) is 19.6 Å². The van der Waals surface area contributed by atoms with Gasteiger partial charge in [0.15, 0.2) is 0 Å². The van der Waals surface area contributed by atoms with Gasteiger partial charge >= 0.3 is 0 Å². The molecule has 2 aromatic rings. The Morgan fingerprint density at radius 2 is 1.91 bits per heavy atom. The smallest absolute Gasteiger partial charge is 0.123 e. The molecule has 0 spiro atoms. The second-order valence-corrected chi connectivity index (χ2v) is 10.2. The zero-order valence-electron chi connectivity index (χ0n) is 19.9. The maximum absolute atomic E-state index is 6.21. The largest absolute Gasteiger partial charge is 0.493 e. The van der Waals surface area contributed by atoms with Gasteiger partial charge in [-0.2, -0.15) is 0 Å². The number of hydrogen-bond acceptors (Lipinski definition) is 4. The number of aryl methyl sites for hydroxylation is 1. The van der Waals surface area contributed by atoms with Crippen molar-refractivity contribution in [1.82, 2.24) is 10.6 Å². The molecule has 5 heteroatoms. The SMILES string of the molecule is CCCCc1ccc(COc2cc(CNCC3CCNC3)cc(OCC(C)C)c2)c(Br)c1. The van der Waals surface area contributed by atoms with Gasteiger partial charge in [0.05, 0.1) is 6.61 Å². The van der Waals surface area contributed by atoms with Crippen LogP contribution in [0.1, 0.15) is 56.7 Å². The second kappa shape index (κ2) is 13.2. The minimum atomic E-state index is 0.484. The van der Waals surface area contributed by atoms with Crippen molar-refractivity contribution < 1.29 is 9.47 Å². The van der Waals surface area contributed by atoms with Crippen molar-refractivity contribution in [2.24, 2.45) is 11.8 Å². The van der Waals surface area contributed by atoms with Crippen LogP contribution in [0.15, 0.2) is 40.9 Å². The molecule has 176 valence electrons. The van der Waals surface area contributed by atoms with Crippen molar-refractivity contribution in [3.63, 3.8) is 0 Å². The van der Waals surface area contributed by atoms with Crippen molar-refractivity contribution in [2.45, 2.75) is 59.6 Å². The van der Waals surface area contributed by atoms with Crippen molar-refractivity contribution in [1.29, 1.82) is 0 Å². The number of ether oxygens (including phenoxy) is 2. The van der Waals surface area contributed by atoms with E-state index in [-0.39, 0.29) is 0 Å². The van der Waals surface area contributed by atoms with E-state index in [2.05, 4.69) is 77.7 Å². The lowest BCUT2D eigenvalue weighted by Crippen LogP contribution is -2.24. The van der Waals surface area contributed by atoms with Crippen LogP contribution in [-0.4, -0.2) is 26.2 Å². The molecule has 1 fully saturated rings. The minimum absolute atomic E-state index is 0.484. The van der Waals surface area contributed by atoms with E-state index in [4.69, 9.17) is 9.47 Å². The van der Waals surface area contributed by atoms with Crippen molar-refractivity contribution in [3.05, 3.63) is 57.6 Å². The first kappa shape index (κ1) is 25.1. The lowest BCUT2D eigenvalue weighted by Gasteiger charge is -2.15. The molecule has 1 atom stereocenters. The Morgan fingerprint density at radius 1 is 1.09 bits per heavy atom. The summed E-state index contributed by atoms with van der Waals surface area (Å²) in [7, 11) is 0. The summed E-state index contributed by atoms with van der Waals surface area (Å²) in [5.74, 6) is 2.94. The Kier molecular flexibility index (Phi) is 10.4. The maximum Gasteiger partial charge on any atom is 0.123 e. The monoisotopic (exact) mass is 502 g/mol. The molecule has 3 rings (SSSR count).